The van der Waals surface area contributed by atoms with Crippen LogP contribution < -0.4 is 24.9 Å². The first-order chi connectivity index (χ1) is 19.6. The minimum Gasteiger partial charge on any atom is -0.495 e. The molecule has 2 aromatic heterocycles. The fourth-order valence-corrected chi connectivity index (χ4v) is 7.56. The topological polar surface area (TPSA) is 87.1 Å². The summed E-state index contributed by atoms with van der Waals surface area (Å²) in [4.78, 5) is 16.5. The average molecular weight is 674 g/mol. The van der Waals surface area contributed by atoms with Crippen molar-refractivity contribution in [3.8, 4) is 5.75 Å². The number of halogens is 1. The van der Waals surface area contributed by atoms with Crippen molar-refractivity contribution in [2.45, 2.75) is 32.6 Å². The van der Waals surface area contributed by atoms with Crippen LogP contribution in [-0.4, -0.2) is 56.6 Å². The van der Waals surface area contributed by atoms with E-state index in [0.29, 0.717) is 23.3 Å². The zero-order valence-electron chi connectivity index (χ0n) is 23.1. The number of pyridine rings is 2. The standard InChI is InChI=1S/C29H37IN7O2P/c1-4-37(40-30)28-27(31-2)23(33-22-7-5-6-8-24(22)38-3)19-26(35-28)34-25-10-9-21(20-32-25)36-15-11-29(12-16-36)13-17-39-18-14-29/h5-10,19-20,40H,2,4,11-18H2,1,3H3,(H2,32,33,34,35). The van der Waals surface area contributed by atoms with E-state index in [1.165, 1.54) is 25.7 Å². The molecule has 0 radical (unpaired) electrons. The molecule has 9 nitrogen and oxygen atoms in total. The molecule has 1 unspecified atom stereocenters. The Hall–Kier alpha value is -2.69. The van der Waals surface area contributed by atoms with Gasteiger partial charge in [0, 0.05) is 45.3 Å². The van der Waals surface area contributed by atoms with Gasteiger partial charge in [-0.3, -0.25) is 4.99 Å². The zero-order chi connectivity index (χ0) is 28.0. The van der Waals surface area contributed by atoms with E-state index in [1.807, 2.05) is 42.6 Å². The van der Waals surface area contributed by atoms with Gasteiger partial charge in [-0.05, 0) is 91.0 Å². The second-order valence-corrected chi connectivity index (χ2v) is 12.3. The van der Waals surface area contributed by atoms with Gasteiger partial charge < -0.3 is 29.7 Å². The Morgan fingerprint density at radius 1 is 1.10 bits per heavy atom. The van der Waals surface area contributed by atoms with Gasteiger partial charge in [-0.15, -0.1) is 0 Å². The number of para-hydroxylation sites is 2. The lowest BCUT2D eigenvalue weighted by molar-refractivity contribution is 0.00212. The summed E-state index contributed by atoms with van der Waals surface area (Å²) in [7, 11) is 1.66. The largest absolute Gasteiger partial charge is 0.495 e. The lowest BCUT2D eigenvalue weighted by Gasteiger charge is -2.44. The number of rotatable bonds is 10. The van der Waals surface area contributed by atoms with Gasteiger partial charge in [0.25, 0.3) is 0 Å². The van der Waals surface area contributed by atoms with Crippen LogP contribution >= 0.6 is 28.4 Å². The molecule has 5 rings (SSSR count). The van der Waals surface area contributed by atoms with Crippen LogP contribution in [0, 0.1) is 5.41 Å². The molecule has 0 aliphatic carbocycles. The lowest BCUT2D eigenvalue weighted by atomic mass is 9.72. The predicted octanol–water partition coefficient (Wildman–Crippen LogP) is 7.47. The highest BCUT2D eigenvalue weighted by molar-refractivity contribution is 14.2. The van der Waals surface area contributed by atoms with E-state index in [1.54, 1.807) is 7.11 Å². The Kier molecular flexibility index (Phi) is 9.59. The minimum absolute atomic E-state index is 0.472. The summed E-state index contributed by atoms with van der Waals surface area (Å²) >= 11 is 2.37. The van der Waals surface area contributed by atoms with Crippen molar-refractivity contribution < 1.29 is 9.47 Å². The molecule has 40 heavy (non-hydrogen) atoms. The number of anilines is 6. The van der Waals surface area contributed by atoms with E-state index < -0.39 is 0 Å². The van der Waals surface area contributed by atoms with Crippen LogP contribution in [0.2, 0.25) is 0 Å². The Morgan fingerprint density at radius 3 is 2.52 bits per heavy atom. The summed E-state index contributed by atoms with van der Waals surface area (Å²) in [5.41, 5.74) is 3.95. The summed E-state index contributed by atoms with van der Waals surface area (Å²) < 4.78 is 13.4. The number of piperidine rings is 1. The van der Waals surface area contributed by atoms with Gasteiger partial charge >= 0.3 is 0 Å². The second kappa shape index (κ2) is 13.3. The maximum atomic E-state index is 5.61. The Labute approximate surface area is 251 Å². The van der Waals surface area contributed by atoms with Gasteiger partial charge in [0.2, 0.25) is 0 Å². The third kappa shape index (κ3) is 6.44. The van der Waals surface area contributed by atoms with E-state index in [9.17, 15) is 0 Å². The lowest BCUT2D eigenvalue weighted by Crippen LogP contribution is -2.43. The molecule has 2 saturated heterocycles. The van der Waals surface area contributed by atoms with Crippen molar-refractivity contribution in [3.05, 3.63) is 48.7 Å². The van der Waals surface area contributed by atoms with Crippen molar-refractivity contribution in [1.82, 2.24) is 9.97 Å². The van der Waals surface area contributed by atoms with Crippen molar-refractivity contribution in [3.63, 3.8) is 0 Å². The molecule has 11 heteroatoms. The van der Waals surface area contributed by atoms with E-state index in [0.717, 1.165) is 67.3 Å². The molecule has 4 heterocycles. The Bertz CT molecular complexity index is 1290. The van der Waals surface area contributed by atoms with Crippen LogP contribution in [0.25, 0.3) is 0 Å². The smallest absolute Gasteiger partial charge is 0.162 e. The van der Waals surface area contributed by atoms with Crippen molar-refractivity contribution in [2.75, 3.05) is 60.2 Å². The molecule has 1 aromatic carbocycles. The first-order valence-electron chi connectivity index (χ1n) is 13.7. The van der Waals surface area contributed by atoms with E-state index in [2.05, 4.69) is 66.9 Å². The molecule has 2 fully saturated rings. The summed E-state index contributed by atoms with van der Waals surface area (Å²) in [5.74, 6) is 2.92. The fourth-order valence-electron chi connectivity index (χ4n) is 5.49. The number of hydrogen-bond donors (Lipinski definition) is 2. The van der Waals surface area contributed by atoms with Gasteiger partial charge in [0.05, 0.1) is 30.4 Å². The van der Waals surface area contributed by atoms with Crippen LogP contribution in [0.4, 0.5) is 40.2 Å². The molecule has 2 aliphatic heterocycles. The number of hydrogen-bond acceptors (Lipinski definition) is 9. The quantitative estimate of drug-likeness (QED) is 0.130. The van der Waals surface area contributed by atoms with E-state index in [-0.39, 0.29) is 0 Å². The Balaban J connectivity index is 1.37. The summed E-state index contributed by atoms with van der Waals surface area (Å²) in [6.45, 7) is 10.7. The summed E-state index contributed by atoms with van der Waals surface area (Å²) in [6, 6.07) is 13.9. The first kappa shape index (κ1) is 28.8. The molecule has 0 amide bonds. The number of aromatic nitrogens is 2. The number of benzene rings is 1. The summed E-state index contributed by atoms with van der Waals surface area (Å²) in [6.07, 6.45) is 7.29. The van der Waals surface area contributed by atoms with Crippen molar-refractivity contribution in [2.24, 2.45) is 10.4 Å². The van der Waals surface area contributed by atoms with Crippen molar-refractivity contribution in [1.29, 1.82) is 0 Å². The highest BCUT2D eigenvalue weighted by Crippen LogP contribution is 2.45. The van der Waals surface area contributed by atoms with Crippen molar-refractivity contribution >= 4 is 75.3 Å². The van der Waals surface area contributed by atoms with Crippen LogP contribution in [0.15, 0.2) is 53.7 Å². The van der Waals surface area contributed by atoms with Gasteiger partial charge in [-0.25, -0.2) is 9.97 Å². The number of nitrogens with zero attached hydrogens (tertiary/aromatic N) is 5. The predicted molar refractivity (Wildman–Crippen MR) is 177 cm³/mol. The van der Waals surface area contributed by atoms with Gasteiger partial charge in [0.1, 0.15) is 23.1 Å². The molecule has 1 spiro atoms. The van der Waals surface area contributed by atoms with Gasteiger partial charge in [0.15, 0.2) is 5.82 Å². The molecule has 0 saturated carbocycles. The van der Waals surface area contributed by atoms with E-state index in [4.69, 9.17) is 19.4 Å². The maximum absolute atomic E-state index is 5.61. The minimum atomic E-state index is 0.472. The van der Waals surface area contributed by atoms with E-state index >= 15 is 0 Å². The second-order valence-electron chi connectivity index (χ2n) is 10.2. The molecule has 0 bridgehead atoms. The molecule has 2 aliphatic rings. The fraction of sp³-hybridized carbons (Fsp3) is 0.414. The third-order valence-electron chi connectivity index (χ3n) is 7.93. The average Bonchev–Trinajstić information content (AvgIpc) is 2.99. The first-order valence-corrected chi connectivity index (χ1v) is 17.8. The normalized spacial score (nSPS) is 16.7. The number of aliphatic imine (C=N–C) groups is 1. The number of nitrogens with one attached hydrogen (secondary N) is 2. The summed E-state index contributed by atoms with van der Waals surface area (Å²) in [5, 5.41) is 6.91. The monoisotopic (exact) mass is 673 g/mol. The molecule has 2 N–H and O–H groups in total. The van der Waals surface area contributed by atoms with Gasteiger partial charge in [-0.1, -0.05) is 12.1 Å². The number of ether oxygens (including phenoxy) is 2. The maximum Gasteiger partial charge on any atom is 0.162 e. The molecular weight excluding hydrogens is 636 g/mol. The van der Waals surface area contributed by atoms with Crippen LogP contribution in [0.5, 0.6) is 5.75 Å². The van der Waals surface area contributed by atoms with Crippen LogP contribution in [-0.2, 0) is 4.74 Å². The Morgan fingerprint density at radius 2 is 1.88 bits per heavy atom. The number of methoxy groups -OCH3 is 1. The molecule has 1 atom stereocenters. The SMILES string of the molecule is C=Nc1c(Nc2ccccc2OC)cc(Nc2ccc(N3CCC4(CCOCC4)CC3)cn2)nc1N(CC)PI. The van der Waals surface area contributed by atoms with Crippen LogP contribution in [0.3, 0.4) is 0 Å². The zero-order valence-corrected chi connectivity index (χ0v) is 26.3. The van der Waals surface area contributed by atoms with Gasteiger partial charge in [-0.2, -0.15) is 0 Å². The third-order valence-corrected chi connectivity index (χ3v) is 10.4. The highest BCUT2D eigenvalue weighted by Gasteiger charge is 2.36. The molecule has 3 aromatic rings. The molecular formula is C29H37IN7O2P. The highest BCUT2D eigenvalue weighted by atomic mass is 127. The van der Waals surface area contributed by atoms with Crippen LogP contribution in [0.1, 0.15) is 32.6 Å². The molecule has 212 valence electrons.